The van der Waals surface area contributed by atoms with Gasteiger partial charge in [-0.1, -0.05) is 51.0 Å². The van der Waals surface area contributed by atoms with Gasteiger partial charge in [0, 0.05) is 31.0 Å². The lowest BCUT2D eigenvalue weighted by atomic mass is 9.93. The molecule has 9 nitrogen and oxygen atoms in total. The van der Waals surface area contributed by atoms with Gasteiger partial charge in [0.15, 0.2) is 5.69 Å². The number of fused-ring (bicyclic) bond motifs is 1. The van der Waals surface area contributed by atoms with Gasteiger partial charge in [0.05, 0.1) is 23.9 Å². The second-order valence-corrected chi connectivity index (χ2v) is 12.6. The molecule has 1 aliphatic heterocycles. The number of aliphatic hydroxyl groups is 1. The van der Waals surface area contributed by atoms with Crippen LogP contribution in [-0.2, 0) is 13.0 Å². The van der Waals surface area contributed by atoms with Gasteiger partial charge in [-0.25, -0.2) is 4.68 Å². The molecule has 0 spiro atoms. The van der Waals surface area contributed by atoms with Gasteiger partial charge in [-0.05, 0) is 75.7 Å². The highest BCUT2D eigenvalue weighted by Gasteiger charge is 2.32. The molecule has 3 aromatic rings. The highest BCUT2D eigenvalue weighted by molar-refractivity contribution is 6.36. The largest absolute Gasteiger partial charge is 0.398 e. The van der Waals surface area contributed by atoms with Gasteiger partial charge in [-0.3, -0.25) is 9.59 Å². The number of hydrogen-bond acceptors (Lipinski definition) is 6. The number of amides is 2. The molecule has 10 heteroatoms. The summed E-state index contributed by atoms with van der Waals surface area (Å²) in [5.74, 6) is -0.254. The second kappa shape index (κ2) is 14.6. The summed E-state index contributed by atoms with van der Waals surface area (Å²) in [5.41, 5.74) is 5.30. The molecular formula is C32H44N6O3Si. The lowest BCUT2D eigenvalue weighted by Crippen LogP contribution is -2.46. The van der Waals surface area contributed by atoms with Crippen LogP contribution in [-0.4, -0.2) is 90.7 Å². The quantitative estimate of drug-likeness (QED) is 0.290. The molecule has 0 saturated carbocycles. The summed E-state index contributed by atoms with van der Waals surface area (Å²) in [4.78, 5) is 34.9. The van der Waals surface area contributed by atoms with Gasteiger partial charge >= 0.3 is 0 Å². The minimum Gasteiger partial charge on any atom is -0.398 e. The Hall–Kier alpha value is -3.47. The Bertz CT molecular complexity index is 1370. The van der Waals surface area contributed by atoms with Gasteiger partial charge in [-0.2, -0.15) is 5.10 Å². The van der Waals surface area contributed by atoms with Crippen LogP contribution >= 0.6 is 0 Å². The molecule has 1 aromatic heterocycles. The lowest BCUT2D eigenvalue weighted by molar-refractivity contribution is 0.0544. The maximum Gasteiger partial charge on any atom is 0.288 e. The van der Waals surface area contributed by atoms with Crippen LogP contribution in [0.2, 0.25) is 0 Å². The van der Waals surface area contributed by atoms with E-state index in [9.17, 15) is 14.7 Å². The molecule has 1 aliphatic rings. The van der Waals surface area contributed by atoms with Crippen LogP contribution in [0.1, 0.15) is 77.2 Å². The number of hydrogen-bond donors (Lipinski definition) is 2. The summed E-state index contributed by atoms with van der Waals surface area (Å²) in [6.07, 6.45) is 4.51. The molecule has 0 saturated heterocycles. The van der Waals surface area contributed by atoms with Gasteiger partial charge in [0.1, 0.15) is 0 Å². The third-order valence-electron chi connectivity index (χ3n) is 7.66. The highest BCUT2D eigenvalue weighted by atomic mass is 28.2. The van der Waals surface area contributed by atoms with Crippen LogP contribution in [0, 0.1) is 6.92 Å². The van der Waals surface area contributed by atoms with Crippen molar-refractivity contribution in [3.63, 3.8) is 0 Å². The monoisotopic (exact) mass is 588 g/mol. The first-order valence-corrected chi connectivity index (χ1v) is 15.9. The van der Waals surface area contributed by atoms with E-state index in [-0.39, 0.29) is 24.5 Å². The van der Waals surface area contributed by atoms with E-state index in [0.29, 0.717) is 52.8 Å². The van der Waals surface area contributed by atoms with Crippen LogP contribution in [0.5, 0.6) is 0 Å². The van der Waals surface area contributed by atoms with E-state index in [2.05, 4.69) is 24.9 Å². The van der Waals surface area contributed by atoms with Gasteiger partial charge < -0.3 is 24.5 Å². The van der Waals surface area contributed by atoms with E-state index < -0.39 is 0 Å². The summed E-state index contributed by atoms with van der Waals surface area (Å²) in [7, 11) is 4.31. The summed E-state index contributed by atoms with van der Waals surface area (Å²) >= 11 is 0. The van der Waals surface area contributed by atoms with Crippen molar-refractivity contribution >= 4 is 27.3 Å². The molecule has 0 fully saturated rings. The van der Waals surface area contributed by atoms with Gasteiger partial charge in [-0.15, -0.1) is 0 Å². The minimum atomic E-state index is -0.331. The number of rotatable bonds is 13. The Labute approximate surface area is 252 Å². The average Bonchev–Trinajstić information content (AvgIpc) is 3.39. The predicted molar refractivity (Wildman–Crippen MR) is 168 cm³/mol. The van der Waals surface area contributed by atoms with Crippen molar-refractivity contribution in [1.82, 2.24) is 24.1 Å². The van der Waals surface area contributed by atoms with E-state index in [1.807, 2.05) is 72.9 Å². The Kier molecular flexibility index (Phi) is 10.9. The van der Waals surface area contributed by atoms with Crippen LogP contribution in [0.15, 0.2) is 48.5 Å². The molecule has 1 atom stereocenters. The molecule has 2 heterocycles. The van der Waals surface area contributed by atoms with Crippen molar-refractivity contribution in [2.45, 2.75) is 65.5 Å². The molecule has 2 N–H and O–H groups in total. The molecule has 0 aliphatic carbocycles. The van der Waals surface area contributed by atoms with Crippen molar-refractivity contribution < 1.29 is 14.7 Å². The molecule has 2 radical (unpaired) electrons. The van der Waals surface area contributed by atoms with Gasteiger partial charge in [0.25, 0.3) is 21.7 Å². The Balaban J connectivity index is 1.73. The standard InChI is InChI=1S/C32H44N6O3Si/c1-6-8-16-36(17-9-7-2)32(41)29-18-23(3)38(33-29)30-15-14-26(34-42-35(4)5)20-28(30)31(40)37-21-25-13-11-10-12-24(25)19-27(37)22-39/h10-15,18,20,27,34,39H,6-9,16-17,19,21-22H2,1-5H3/t27-/m0/s1. The van der Waals surface area contributed by atoms with Crippen molar-refractivity contribution in [3.05, 3.63) is 76.6 Å². The van der Waals surface area contributed by atoms with Crippen LogP contribution in [0.25, 0.3) is 5.69 Å². The van der Waals surface area contributed by atoms with E-state index >= 15 is 0 Å². The number of anilines is 1. The number of aliphatic hydroxyl groups excluding tert-OH is 1. The Morgan fingerprint density at radius 3 is 2.38 bits per heavy atom. The summed E-state index contributed by atoms with van der Waals surface area (Å²) < 4.78 is 3.75. The number of unbranched alkanes of at least 4 members (excludes halogenated alkanes) is 2. The van der Waals surface area contributed by atoms with Crippen molar-refractivity contribution in [2.24, 2.45) is 0 Å². The first-order chi connectivity index (χ1) is 20.3. The molecule has 42 heavy (non-hydrogen) atoms. The number of carbonyl (C=O) groups excluding carboxylic acids is 2. The zero-order chi connectivity index (χ0) is 30.2. The normalized spacial score (nSPS) is 14.6. The average molecular weight is 589 g/mol. The van der Waals surface area contributed by atoms with E-state index in [1.165, 1.54) is 0 Å². The zero-order valence-corrected chi connectivity index (χ0v) is 26.6. The first-order valence-electron chi connectivity index (χ1n) is 14.9. The molecular weight excluding hydrogens is 544 g/mol. The number of benzene rings is 2. The number of nitrogens with zero attached hydrogens (tertiary/aromatic N) is 5. The highest BCUT2D eigenvalue weighted by Crippen LogP contribution is 2.29. The maximum atomic E-state index is 14.3. The summed E-state index contributed by atoms with van der Waals surface area (Å²) in [5, 5.41) is 15.0. The number of carbonyl (C=O) groups is 2. The fourth-order valence-corrected chi connectivity index (χ4v) is 5.80. The molecule has 0 bridgehead atoms. The topological polar surface area (TPSA) is 93.9 Å². The van der Waals surface area contributed by atoms with E-state index in [1.54, 1.807) is 9.58 Å². The second-order valence-electron chi connectivity index (χ2n) is 11.2. The Morgan fingerprint density at radius 1 is 1.05 bits per heavy atom. The van der Waals surface area contributed by atoms with E-state index in [4.69, 9.17) is 5.10 Å². The molecule has 4 rings (SSSR count). The Morgan fingerprint density at radius 2 is 1.74 bits per heavy atom. The van der Waals surface area contributed by atoms with Crippen LogP contribution in [0.3, 0.4) is 0 Å². The van der Waals surface area contributed by atoms with E-state index in [0.717, 1.165) is 48.2 Å². The third-order valence-corrected chi connectivity index (χ3v) is 8.51. The van der Waals surface area contributed by atoms with Crippen molar-refractivity contribution in [3.8, 4) is 5.69 Å². The molecule has 224 valence electrons. The maximum absolute atomic E-state index is 14.3. The SMILES string of the molecule is CCCCN(CCCC)C(=O)c1cc(C)n(-c2ccc(N[Si]N(C)C)cc2C(=O)N2Cc3ccccc3C[C@H]2CO)n1. The van der Waals surface area contributed by atoms with Crippen LogP contribution < -0.4 is 4.98 Å². The van der Waals surface area contributed by atoms with Gasteiger partial charge in [0.2, 0.25) is 0 Å². The zero-order valence-electron chi connectivity index (χ0n) is 25.6. The first kappa shape index (κ1) is 31.5. The third kappa shape index (κ3) is 7.29. The van der Waals surface area contributed by atoms with Crippen molar-refractivity contribution in [2.75, 3.05) is 38.8 Å². The summed E-state index contributed by atoms with van der Waals surface area (Å²) in [6.45, 7) is 7.86. The number of aryl methyl sites for hydroxylation is 1. The fourth-order valence-electron chi connectivity index (χ4n) is 5.29. The predicted octanol–water partition coefficient (Wildman–Crippen LogP) is 4.29. The minimum absolute atomic E-state index is 0.0786. The molecule has 0 unspecified atom stereocenters. The van der Waals surface area contributed by atoms with Crippen LogP contribution in [0.4, 0.5) is 5.69 Å². The lowest BCUT2D eigenvalue weighted by Gasteiger charge is -2.36. The van der Waals surface area contributed by atoms with Crippen molar-refractivity contribution in [1.29, 1.82) is 0 Å². The molecule has 2 amide bonds. The fraction of sp³-hybridized carbons (Fsp3) is 0.469. The molecule has 2 aromatic carbocycles. The number of nitrogens with one attached hydrogen (secondary N) is 1. The summed E-state index contributed by atoms with van der Waals surface area (Å²) in [6, 6.07) is 15.3. The smallest absolute Gasteiger partial charge is 0.288 e. The number of aromatic nitrogens is 2.